The summed E-state index contributed by atoms with van der Waals surface area (Å²) in [6, 6.07) is 29.8. The van der Waals surface area contributed by atoms with Crippen molar-refractivity contribution in [3.63, 3.8) is 0 Å². The van der Waals surface area contributed by atoms with E-state index in [-0.39, 0.29) is 6.61 Å². The molecule has 6 nitrogen and oxygen atoms in total. The quantitative estimate of drug-likeness (QED) is 0.435. The zero-order chi connectivity index (χ0) is 23.6. The van der Waals surface area contributed by atoms with Crippen LogP contribution in [0.1, 0.15) is 16.7 Å². The zero-order valence-corrected chi connectivity index (χ0v) is 19.4. The van der Waals surface area contributed by atoms with Crippen LogP contribution in [0, 0.1) is 0 Å². The van der Waals surface area contributed by atoms with Gasteiger partial charge in [-0.05, 0) is 16.7 Å². The van der Waals surface area contributed by atoms with Crippen molar-refractivity contribution in [2.75, 3.05) is 13.7 Å². The van der Waals surface area contributed by atoms with Crippen LogP contribution in [-0.2, 0) is 43.5 Å². The van der Waals surface area contributed by atoms with E-state index in [1.807, 2.05) is 91.0 Å². The average Bonchev–Trinajstić information content (AvgIpc) is 3.21. The van der Waals surface area contributed by atoms with Gasteiger partial charge in [0.2, 0.25) is 0 Å². The number of rotatable bonds is 12. The molecule has 0 bridgehead atoms. The van der Waals surface area contributed by atoms with Gasteiger partial charge in [0.25, 0.3) is 0 Å². The van der Waals surface area contributed by atoms with Crippen molar-refractivity contribution in [2.45, 2.75) is 50.5 Å². The molecule has 1 unspecified atom stereocenters. The molecular weight excluding hydrogens is 432 g/mol. The SMILES string of the molecule is CO[C@H]1C(O)O[C@H]([C@@H](COCc2ccccc2)OCc2ccccc2)[C@@H]1OCc1ccccc1. The highest BCUT2D eigenvalue weighted by atomic mass is 16.7. The molecule has 0 radical (unpaired) electrons. The van der Waals surface area contributed by atoms with E-state index < -0.39 is 30.7 Å². The van der Waals surface area contributed by atoms with E-state index in [9.17, 15) is 5.11 Å². The summed E-state index contributed by atoms with van der Waals surface area (Å²) in [4.78, 5) is 0. The zero-order valence-electron chi connectivity index (χ0n) is 19.4. The standard InChI is InChI=1S/C28H32O6/c1-30-27-26(33-19-23-15-9-4-10-16-23)25(34-28(27)29)24(32-18-22-13-7-3-8-14-22)20-31-17-21-11-5-2-6-12-21/h2-16,24-29H,17-20H2,1H3/t24-,25-,26+,27-,28?/m1/s1. The second-order valence-corrected chi connectivity index (χ2v) is 8.29. The Bertz CT molecular complexity index is 952. The van der Waals surface area contributed by atoms with Gasteiger partial charge in [0.1, 0.15) is 24.4 Å². The maximum absolute atomic E-state index is 10.5. The van der Waals surface area contributed by atoms with Crippen molar-refractivity contribution in [1.29, 1.82) is 0 Å². The van der Waals surface area contributed by atoms with Crippen LogP contribution in [0.15, 0.2) is 91.0 Å². The Morgan fingerprint density at radius 1 is 0.735 bits per heavy atom. The largest absolute Gasteiger partial charge is 0.374 e. The van der Waals surface area contributed by atoms with Gasteiger partial charge in [0.05, 0.1) is 26.4 Å². The molecule has 1 fully saturated rings. The minimum atomic E-state index is -1.12. The normalized spacial score (nSPS) is 23.1. The number of hydrogen-bond donors (Lipinski definition) is 1. The van der Waals surface area contributed by atoms with E-state index in [1.165, 1.54) is 0 Å². The molecule has 1 heterocycles. The summed E-state index contributed by atoms with van der Waals surface area (Å²) in [6.45, 7) is 1.48. The first-order valence-electron chi connectivity index (χ1n) is 11.5. The summed E-state index contributed by atoms with van der Waals surface area (Å²) >= 11 is 0. The van der Waals surface area contributed by atoms with E-state index >= 15 is 0 Å². The van der Waals surface area contributed by atoms with Crippen molar-refractivity contribution in [2.24, 2.45) is 0 Å². The van der Waals surface area contributed by atoms with Gasteiger partial charge in [-0.1, -0.05) is 91.0 Å². The minimum absolute atomic E-state index is 0.279. The van der Waals surface area contributed by atoms with Crippen LogP contribution in [0.2, 0.25) is 0 Å². The van der Waals surface area contributed by atoms with Crippen molar-refractivity contribution in [3.05, 3.63) is 108 Å². The Morgan fingerprint density at radius 2 is 1.26 bits per heavy atom. The molecule has 1 aliphatic heterocycles. The molecule has 1 saturated heterocycles. The highest BCUT2D eigenvalue weighted by Gasteiger charge is 2.49. The second kappa shape index (κ2) is 12.8. The maximum Gasteiger partial charge on any atom is 0.184 e. The number of hydrogen-bond acceptors (Lipinski definition) is 6. The number of aliphatic hydroxyl groups is 1. The topological polar surface area (TPSA) is 66.4 Å². The fraction of sp³-hybridized carbons (Fsp3) is 0.357. The molecule has 6 heteroatoms. The van der Waals surface area contributed by atoms with Gasteiger partial charge < -0.3 is 28.8 Å². The third-order valence-electron chi connectivity index (χ3n) is 5.85. The summed E-state index contributed by atoms with van der Waals surface area (Å²) < 4.78 is 30.0. The lowest BCUT2D eigenvalue weighted by atomic mass is 10.1. The minimum Gasteiger partial charge on any atom is -0.374 e. The molecular formula is C28H32O6. The van der Waals surface area contributed by atoms with Crippen molar-refractivity contribution >= 4 is 0 Å². The number of aliphatic hydroxyl groups excluding tert-OH is 1. The first kappa shape index (κ1) is 24.5. The van der Waals surface area contributed by atoms with E-state index in [0.717, 1.165) is 16.7 Å². The molecule has 5 atom stereocenters. The van der Waals surface area contributed by atoms with Gasteiger partial charge in [-0.25, -0.2) is 0 Å². The molecule has 34 heavy (non-hydrogen) atoms. The molecule has 0 aromatic heterocycles. The highest BCUT2D eigenvalue weighted by Crippen LogP contribution is 2.30. The smallest absolute Gasteiger partial charge is 0.184 e. The van der Waals surface area contributed by atoms with Crippen LogP contribution in [0.3, 0.4) is 0 Å². The number of ether oxygens (including phenoxy) is 5. The van der Waals surface area contributed by atoms with Crippen LogP contribution < -0.4 is 0 Å². The van der Waals surface area contributed by atoms with Crippen molar-refractivity contribution in [1.82, 2.24) is 0 Å². The summed E-state index contributed by atoms with van der Waals surface area (Å²) in [6.07, 6.45) is -3.32. The van der Waals surface area contributed by atoms with E-state index in [4.69, 9.17) is 23.7 Å². The Labute approximate surface area is 201 Å². The van der Waals surface area contributed by atoms with Gasteiger partial charge in [-0.15, -0.1) is 0 Å². The first-order chi connectivity index (χ1) is 16.7. The monoisotopic (exact) mass is 464 g/mol. The predicted octanol–water partition coefficient (Wildman–Crippen LogP) is 4.11. The molecule has 180 valence electrons. The molecule has 0 spiro atoms. The van der Waals surface area contributed by atoms with Crippen molar-refractivity contribution < 1.29 is 28.8 Å². The van der Waals surface area contributed by atoms with Crippen LogP contribution in [-0.4, -0.2) is 49.5 Å². The fourth-order valence-corrected chi connectivity index (χ4v) is 4.05. The molecule has 0 aliphatic carbocycles. The molecule has 4 rings (SSSR count). The summed E-state index contributed by atoms with van der Waals surface area (Å²) in [5.41, 5.74) is 3.14. The summed E-state index contributed by atoms with van der Waals surface area (Å²) in [5.74, 6) is 0. The maximum atomic E-state index is 10.5. The van der Waals surface area contributed by atoms with Gasteiger partial charge in [0, 0.05) is 7.11 Å². The van der Waals surface area contributed by atoms with Gasteiger partial charge >= 0.3 is 0 Å². The fourth-order valence-electron chi connectivity index (χ4n) is 4.05. The Morgan fingerprint density at radius 3 is 1.82 bits per heavy atom. The van der Waals surface area contributed by atoms with Crippen LogP contribution in [0.4, 0.5) is 0 Å². The average molecular weight is 465 g/mol. The third-order valence-corrected chi connectivity index (χ3v) is 5.85. The Hall–Kier alpha value is -2.58. The van der Waals surface area contributed by atoms with Crippen LogP contribution in [0.25, 0.3) is 0 Å². The first-order valence-corrected chi connectivity index (χ1v) is 11.5. The summed E-state index contributed by atoms with van der Waals surface area (Å²) in [5, 5.41) is 10.5. The van der Waals surface area contributed by atoms with Crippen LogP contribution >= 0.6 is 0 Å². The summed E-state index contributed by atoms with van der Waals surface area (Å²) in [7, 11) is 1.55. The molecule has 3 aromatic rings. The lowest BCUT2D eigenvalue weighted by molar-refractivity contribution is -0.171. The second-order valence-electron chi connectivity index (χ2n) is 8.29. The van der Waals surface area contributed by atoms with E-state index in [0.29, 0.717) is 19.8 Å². The lowest BCUT2D eigenvalue weighted by Gasteiger charge is -2.29. The lowest BCUT2D eigenvalue weighted by Crippen LogP contribution is -2.44. The Kier molecular flexibility index (Phi) is 9.21. The Balaban J connectivity index is 1.47. The molecule has 3 aromatic carbocycles. The van der Waals surface area contributed by atoms with Gasteiger partial charge in [-0.2, -0.15) is 0 Å². The molecule has 1 N–H and O–H groups in total. The van der Waals surface area contributed by atoms with Gasteiger partial charge in [-0.3, -0.25) is 0 Å². The molecule has 1 aliphatic rings. The van der Waals surface area contributed by atoms with Crippen molar-refractivity contribution in [3.8, 4) is 0 Å². The highest BCUT2D eigenvalue weighted by molar-refractivity contribution is 5.15. The molecule has 0 amide bonds. The van der Waals surface area contributed by atoms with Crippen LogP contribution in [0.5, 0.6) is 0 Å². The number of methoxy groups -OCH3 is 1. The van der Waals surface area contributed by atoms with Gasteiger partial charge in [0.15, 0.2) is 6.29 Å². The predicted molar refractivity (Wildman–Crippen MR) is 128 cm³/mol. The third kappa shape index (κ3) is 6.73. The molecule has 0 saturated carbocycles. The van der Waals surface area contributed by atoms with E-state index in [1.54, 1.807) is 7.11 Å². The van der Waals surface area contributed by atoms with E-state index in [2.05, 4.69) is 0 Å². The number of benzene rings is 3.